The second-order valence-corrected chi connectivity index (χ2v) is 7.32. The molecular formula is C11H16O7S2. The maximum atomic E-state index is 12.1. The van der Waals surface area contributed by atoms with E-state index in [0.717, 1.165) is 5.56 Å². The van der Waals surface area contributed by atoms with Crippen molar-refractivity contribution in [3.05, 3.63) is 23.3 Å². The van der Waals surface area contributed by atoms with Crippen LogP contribution < -0.4 is 4.74 Å². The number of rotatable bonds is 6. The number of methoxy groups -OCH3 is 1. The monoisotopic (exact) mass is 324 g/mol. The van der Waals surface area contributed by atoms with Crippen molar-refractivity contribution in [1.29, 1.82) is 0 Å². The van der Waals surface area contributed by atoms with Crippen LogP contribution in [0.25, 0.3) is 0 Å². The molecule has 0 fully saturated rings. The molecule has 7 nitrogen and oxygen atoms in total. The predicted octanol–water partition coefficient (Wildman–Crippen LogP) is 0.905. The highest BCUT2D eigenvalue weighted by molar-refractivity contribution is 7.91. The van der Waals surface area contributed by atoms with Gasteiger partial charge in [-0.1, -0.05) is 6.07 Å². The second-order valence-electron chi connectivity index (χ2n) is 4.16. The van der Waals surface area contributed by atoms with Crippen LogP contribution in [0, 0.1) is 13.8 Å². The smallest absolute Gasteiger partial charge is 0.397 e. The SMILES string of the molecule is COc1cc(S(=O)(=O)CCOS(=O)(=O)O)c(C)cc1C. The van der Waals surface area contributed by atoms with E-state index in [4.69, 9.17) is 9.29 Å². The summed E-state index contributed by atoms with van der Waals surface area (Å²) in [6.45, 7) is 2.75. The van der Waals surface area contributed by atoms with Gasteiger partial charge >= 0.3 is 10.4 Å². The fourth-order valence-corrected chi connectivity index (χ4v) is 3.49. The molecule has 0 aliphatic heterocycles. The average molecular weight is 324 g/mol. The molecule has 0 heterocycles. The zero-order valence-electron chi connectivity index (χ0n) is 11.3. The minimum atomic E-state index is -4.65. The lowest BCUT2D eigenvalue weighted by atomic mass is 10.1. The normalized spacial score (nSPS) is 12.4. The summed E-state index contributed by atoms with van der Waals surface area (Å²) in [4.78, 5) is 0.0406. The molecule has 1 aromatic carbocycles. The Morgan fingerprint density at radius 1 is 1.10 bits per heavy atom. The fourth-order valence-electron chi connectivity index (χ4n) is 1.73. The van der Waals surface area contributed by atoms with Gasteiger partial charge in [0.2, 0.25) is 0 Å². The Bertz CT molecular complexity index is 690. The van der Waals surface area contributed by atoms with Crippen LogP contribution in [0.2, 0.25) is 0 Å². The van der Waals surface area contributed by atoms with Gasteiger partial charge in [0.1, 0.15) is 5.75 Å². The standard InChI is InChI=1S/C11H16O7S2/c1-8-6-9(2)11(7-10(8)17-3)19(12,13)5-4-18-20(14,15)16/h6-7H,4-5H2,1-3H3,(H,14,15,16). The first-order valence-electron chi connectivity index (χ1n) is 5.56. The van der Waals surface area contributed by atoms with E-state index in [1.54, 1.807) is 19.9 Å². The van der Waals surface area contributed by atoms with Crippen LogP contribution >= 0.6 is 0 Å². The molecule has 114 valence electrons. The van der Waals surface area contributed by atoms with Gasteiger partial charge in [-0.15, -0.1) is 0 Å². The van der Waals surface area contributed by atoms with Crippen molar-refractivity contribution in [2.45, 2.75) is 18.7 Å². The maximum absolute atomic E-state index is 12.1. The lowest BCUT2D eigenvalue weighted by Crippen LogP contribution is -2.16. The zero-order chi connectivity index (χ0) is 15.6. The van der Waals surface area contributed by atoms with E-state index in [1.165, 1.54) is 13.2 Å². The Morgan fingerprint density at radius 3 is 2.20 bits per heavy atom. The zero-order valence-corrected chi connectivity index (χ0v) is 12.9. The Labute approximate surface area is 118 Å². The van der Waals surface area contributed by atoms with Crippen LogP contribution in [0.15, 0.2) is 17.0 Å². The molecule has 20 heavy (non-hydrogen) atoms. The van der Waals surface area contributed by atoms with Crippen molar-refractivity contribution in [2.75, 3.05) is 19.5 Å². The van der Waals surface area contributed by atoms with Crippen molar-refractivity contribution in [3.63, 3.8) is 0 Å². The van der Waals surface area contributed by atoms with Crippen LogP contribution in [0.1, 0.15) is 11.1 Å². The van der Waals surface area contributed by atoms with Gasteiger partial charge in [0.25, 0.3) is 0 Å². The first-order chi connectivity index (χ1) is 9.07. The molecule has 0 aliphatic rings. The molecule has 0 amide bonds. The molecule has 0 spiro atoms. The number of ether oxygens (including phenoxy) is 1. The summed E-state index contributed by atoms with van der Waals surface area (Å²) in [6.07, 6.45) is 0. The van der Waals surface area contributed by atoms with Gasteiger partial charge < -0.3 is 4.74 Å². The minimum absolute atomic E-state index is 0.0406. The van der Waals surface area contributed by atoms with E-state index in [2.05, 4.69) is 4.18 Å². The van der Waals surface area contributed by atoms with Gasteiger partial charge in [0.15, 0.2) is 9.84 Å². The molecule has 0 unspecified atom stereocenters. The van der Waals surface area contributed by atoms with Gasteiger partial charge in [-0.05, 0) is 31.0 Å². The van der Waals surface area contributed by atoms with Gasteiger partial charge in [0, 0.05) is 0 Å². The van der Waals surface area contributed by atoms with Crippen LogP contribution in [0.5, 0.6) is 5.75 Å². The predicted molar refractivity (Wildman–Crippen MR) is 72.0 cm³/mol. The number of aryl methyl sites for hydroxylation is 2. The van der Waals surface area contributed by atoms with Crippen molar-refractivity contribution < 1.29 is 30.3 Å². The lowest BCUT2D eigenvalue weighted by molar-refractivity contribution is 0.284. The highest BCUT2D eigenvalue weighted by Crippen LogP contribution is 2.26. The second kappa shape index (κ2) is 6.08. The van der Waals surface area contributed by atoms with Gasteiger partial charge in [-0.25, -0.2) is 12.6 Å². The molecule has 0 saturated carbocycles. The molecule has 0 radical (unpaired) electrons. The first-order valence-corrected chi connectivity index (χ1v) is 8.58. The highest BCUT2D eigenvalue weighted by Gasteiger charge is 2.20. The summed E-state index contributed by atoms with van der Waals surface area (Å²) in [6, 6.07) is 3.04. The molecule has 0 aliphatic carbocycles. The van der Waals surface area contributed by atoms with E-state index in [0.29, 0.717) is 11.3 Å². The van der Waals surface area contributed by atoms with Crippen molar-refractivity contribution >= 4 is 20.2 Å². The fraction of sp³-hybridized carbons (Fsp3) is 0.455. The first kappa shape index (κ1) is 16.9. The van der Waals surface area contributed by atoms with Crippen molar-refractivity contribution in [2.24, 2.45) is 0 Å². The molecule has 1 rings (SSSR count). The summed E-state index contributed by atoms with van der Waals surface area (Å²) in [5.74, 6) is -0.148. The van der Waals surface area contributed by atoms with E-state index < -0.39 is 32.6 Å². The Hall–Kier alpha value is -1.16. The van der Waals surface area contributed by atoms with Gasteiger partial charge in [-0.2, -0.15) is 8.42 Å². The van der Waals surface area contributed by atoms with Crippen molar-refractivity contribution in [1.82, 2.24) is 0 Å². The van der Waals surface area contributed by atoms with E-state index >= 15 is 0 Å². The summed E-state index contributed by atoms with van der Waals surface area (Å²) in [5, 5.41) is 0. The number of hydrogen-bond donors (Lipinski definition) is 1. The minimum Gasteiger partial charge on any atom is -0.496 e. The Balaban J connectivity index is 3.04. The van der Waals surface area contributed by atoms with E-state index in [1.807, 2.05) is 0 Å². The molecule has 0 bridgehead atoms. The topological polar surface area (TPSA) is 107 Å². The molecule has 1 N–H and O–H groups in total. The van der Waals surface area contributed by atoms with Crippen LogP contribution in [-0.2, 0) is 24.4 Å². The summed E-state index contributed by atoms with van der Waals surface area (Å²) >= 11 is 0. The van der Waals surface area contributed by atoms with Crippen molar-refractivity contribution in [3.8, 4) is 5.75 Å². The molecular weight excluding hydrogens is 308 g/mol. The summed E-state index contributed by atoms with van der Waals surface area (Å²) < 4.78 is 62.5. The molecule has 0 atom stereocenters. The molecule has 9 heteroatoms. The summed E-state index contributed by atoms with van der Waals surface area (Å²) in [5.41, 5.74) is 1.31. The Kier molecular flexibility index (Phi) is 5.14. The molecule has 0 aromatic heterocycles. The van der Waals surface area contributed by atoms with Crippen LogP contribution in [0.4, 0.5) is 0 Å². The van der Waals surface area contributed by atoms with Gasteiger partial charge in [0.05, 0.1) is 24.4 Å². The van der Waals surface area contributed by atoms with E-state index in [-0.39, 0.29) is 4.90 Å². The number of hydrogen-bond acceptors (Lipinski definition) is 6. The third-order valence-electron chi connectivity index (χ3n) is 2.61. The summed E-state index contributed by atoms with van der Waals surface area (Å²) in [7, 11) is -6.96. The number of sulfone groups is 1. The molecule has 0 saturated heterocycles. The van der Waals surface area contributed by atoms with Gasteiger partial charge in [-0.3, -0.25) is 4.55 Å². The van der Waals surface area contributed by atoms with E-state index in [9.17, 15) is 16.8 Å². The maximum Gasteiger partial charge on any atom is 0.397 e. The molecule has 1 aromatic rings. The third-order valence-corrected chi connectivity index (χ3v) is 4.89. The van der Waals surface area contributed by atoms with Crippen LogP contribution in [0.3, 0.4) is 0 Å². The van der Waals surface area contributed by atoms with Crippen LogP contribution in [-0.4, -0.2) is 40.9 Å². The quantitative estimate of drug-likeness (QED) is 0.775. The third kappa shape index (κ3) is 4.44. The number of benzene rings is 1. The Morgan fingerprint density at radius 2 is 1.70 bits per heavy atom. The lowest BCUT2D eigenvalue weighted by Gasteiger charge is -2.11. The average Bonchev–Trinajstić information content (AvgIpc) is 2.26. The highest BCUT2D eigenvalue weighted by atomic mass is 32.3. The largest absolute Gasteiger partial charge is 0.496 e.